The van der Waals surface area contributed by atoms with Crippen LogP contribution in [0.2, 0.25) is 0 Å². The van der Waals surface area contributed by atoms with Crippen molar-refractivity contribution in [3.05, 3.63) is 29.6 Å². The Bertz CT molecular complexity index is 630. The molecule has 0 unspecified atom stereocenters. The number of carbonyl (C=O) groups is 1. The fourth-order valence-electron chi connectivity index (χ4n) is 2.91. The van der Waals surface area contributed by atoms with Crippen LogP contribution in [0, 0.1) is 0 Å². The van der Waals surface area contributed by atoms with Crippen molar-refractivity contribution in [2.75, 3.05) is 0 Å². The van der Waals surface area contributed by atoms with Gasteiger partial charge in [0.25, 0.3) is 5.91 Å². The molecule has 7 heteroatoms. The van der Waals surface area contributed by atoms with E-state index in [9.17, 15) is 4.79 Å². The van der Waals surface area contributed by atoms with Crippen LogP contribution in [0.4, 0.5) is 0 Å². The molecule has 0 fully saturated rings. The molecule has 0 aliphatic heterocycles. The van der Waals surface area contributed by atoms with Crippen LogP contribution in [0.3, 0.4) is 0 Å². The van der Waals surface area contributed by atoms with Gasteiger partial charge in [-0.3, -0.25) is 14.2 Å². The van der Waals surface area contributed by atoms with Gasteiger partial charge in [-0.25, -0.2) is 4.98 Å². The highest BCUT2D eigenvalue weighted by Gasteiger charge is 2.24. The molecule has 2 aromatic rings. The lowest BCUT2D eigenvalue weighted by atomic mass is 9.95. The average Bonchev–Trinajstić information content (AvgIpc) is 3.04. The summed E-state index contributed by atoms with van der Waals surface area (Å²) in [6, 6.07) is -0.0201. The van der Waals surface area contributed by atoms with Crippen LogP contribution in [0.15, 0.2) is 12.7 Å². The smallest absolute Gasteiger partial charge is 0.270 e. The van der Waals surface area contributed by atoms with Crippen molar-refractivity contribution in [1.82, 2.24) is 29.9 Å². The fraction of sp³-hybridized carbons (Fsp3) is 0.571. The minimum absolute atomic E-state index is 0.0201. The van der Waals surface area contributed by atoms with Gasteiger partial charge in [0.05, 0.1) is 12.2 Å². The van der Waals surface area contributed by atoms with E-state index in [1.165, 1.54) is 6.33 Å². The zero-order chi connectivity index (χ0) is 14.8. The number of aryl methyl sites for hydroxylation is 2. The lowest BCUT2D eigenvalue weighted by molar-refractivity contribution is 0.0925. The molecular formula is C14H20N6O. The first-order chi connectivity index (χ1) is 10.1. The van der Waals surface area contributed by atoms with Crippen molar-refractivity contribution < 1.29 is 4.79 Å². The van der Waals surface area contributed by atoms with Gasteiger partial charge < -0.3 is 5.32 Å². The number of nitrogens with zero attached hydrogens (tertiary/aromatic N) is 5. The summed E-state index contributed by atoms with van der Waals surface area (Å²) in [5.74, 6) is -0.0548. The fourth-order valence-corrected chi connectivity index (χ4v) is 2.91. The van der Waals surface area contributed by atoms with Crippen molar-refractivity contribution in [3.8, 4) is 0 Å². The predicted molar refractivity (Wildman–Crippen MR) is 76.8 cm³/mol. The van der Waals surface area contributed by atoms with Gasteiger partial charge in [0.2, 0.25) is 0 Å². The first-order valence-corrected chi connectivity index (χ1v) is 7.33. The number of carbonyl (C=O) groups excluding carboxylic acids is 1. The Labute approximate surface area is 123 Å². The van der Waals surface area contributed by atoms with E-state index >= 15 is 0 Å². The zero-order valence-corrected chi connectivity index (χ0v) is 12.4. The molecule has 3 rings (SSSR count). The maximum atomic E-state index is 12.5. The number of amides is 1. The highest BCUT2D eigenvalue weighted by molar-refractivity contribution is 5.94. The summed E-state index contributed by atoms with van der Waals surface area (Å²) in [4.78, 5) is 16.4. The molecule has 1 aliphatic carbocycles. The molecule has 112 valence electrons. The lowest BCUT2D eigenvalue weighted by Crippen LogP contribution is -2.37. The molecule has 0 saturated heterocycles. The molecule has 2 aromatic heterocycles. The quantitative estimate of drug-likeness (QED) is 0.898. The second kappa shape index (κ2) is 5.67. The number of fused-ring (bicyclic) bond motifs is 1. The predicted octanol–water partition coefficient (Wildman–Crippen LogP) is 0.709. The van der Waals surface area contributed by atoms with Gasteiger partial charge >= 0.3 is 0 Å². The third-order valence-corrected chi connectivity index (χ3v) is 3.84. The summed E-state index contributed by atoms with van der Waals surface area (Å²) in [7, 11) is 1.84. The van der Waals surface area contributed by atoms with Gasteiger partial charge in [0, 0.05) is 18.7 Å². The van der Waals surface area contributed by atoms with E-state index in [1.807, 2.05) is 14.0 Å². The first kappa shape index (κ1) is 13.8. The topological polar surface area (TPSA) is 77.6 Å². The maximum Gasteiger partial charge on any atom is 0.270 e. The summed E-state index contributed by atoms with van der Waals surface area (Å²) < 4.78 is 3.43. The lowest BCUT2D eigenvalue weighted by Gasteiger charge is -2.15. The van der Waals surface area contributed by atoms with E-state index in [2.05, 4.69) is 20.5 Å². The Morgan fingerprint density at radius 1 is 1.43 bits per heavy atom. The van der Waals surface area contributed by atoms with Crippen LogP contribution in [0.5, 0.6) is 0 Å². The minimum Gasteiger partial charge on any atom is -0.346 e. The minimum atomic E-state index is -0.0548. The Balaban J connectivity index is 1.72. The van der Waals surface area contributed by atoms with Gasteiger partial charge in [-0.1, -0.05) is 0 Å². The van der Waals surface area contributed by atoms with E-state index in [0.29, 0.717) is 12.2 Å². The number of rotatable bonds is 4. The third-order valence-electron chi connectivity index (χ3n) is 3.84. The third kappa shape index (κ3) is 2.81. The summed E-state index contributed by atoms with van der Waals surface area (Å²) in [6.07, 6.45) is 7.36. The van der Waals surface area contributed by atoms with E-state index in [1.54, 1.807) is 15.7 Å². The van der Waals surface area contributed by atoms with E-state index in [-0.39, 0.29) is 11.9 Å². The van der Waals surface area contributed by atoms with Crippen LogP contribution < -0.4 is 5.32 Å². The van der Waals surface area contributed by atoms with Gasteiger partial charge in [0.1, 0.15) is 18.3 Å². The molecule has 1 N–H and O–H groups in total. The highest BCUT2D eigenvalue weighted by atomic mass is 16.2. The second-order valence-electron chi connectivity index (χ2n) is 5.60. The van der Waals surface area contributed by atoms with Crippen LogP contribution >= 0.6 is 0 Å². The molecule has 0 aromatic carbocycles. The van der Waals surface area contributed by atoms with Crippen molar-refractivity contribution in [2.24, 2.45) is 7.05 Å². The van der Waals surface area contributed by atoms with Crippen LogP contribution in [-0.4, -0.2) is 36.5 Å². The number of hydrogen-bond donors (Lipinski definition) is 1. The monoisotopic (exact) mass is 288 g/mol. The van der Waals surface area contributed by atoms with Crippen molar-refractivity contribution >= 4 is 5.91 Å². The molecule has 21 heavy (non-hydrogen) atoms. The standard InChI is InChI=1S/C14H20N6O/c1-10(7-20-9-15-8-16-20)17-14(21)13-11-5-3-4-6-12(11)18-19(13)2/h8-10H,3-7H2,1-2H3,(H,17,21)/t10-/m1/s1. The van der Waals surface area contributed by atoms with Crippen molar-refractivity contribution in [2.45, 2.75) is 45.2 Å². The highest BCUT2D eigenvalue weighted by Crippen LogP contribution is 2.23. The Morgan fingerprint density at radius 2 is 2.24 bits per heavy atom. The number of hydrogen-bond acceptors (Lipinski definition) is 4. The molecule has 1 aliphatic rings. The Kier molecular flexibility index (Phi) is 3.72. The van der Waals surface area contributed by atoms with E-state index < -0.39 is 0 Å². The van der Waals surface area contributed by atoms with Crippen LogP contribution in [-0.2, 0) is 26.4 Å². The zero-order valence-electron chi connectivity index (χ0n) is 12.4. The van der Waals surface area contributed by atoms with Gasteiger partial charge in [-0.15, -0.1) is 0 Å². The first-order valence-electron chi connectivity index (χ1n) is 7.33. The van der Waals surface area contributed by atoms with Gasteiger partial charge in [-0.05, 0) is 32.6 Å². The van der Waals surface area contributed by atoms with Crippen molar-refractivity contribution in [1.29, 1.82) is 0 Å². The molecule has 2 heterocycles. The average molecular weight is 288 g/mol. The van der Waals surface area contributed by atoms with Gasteiger partial charge in [0.15, 0.2) is 0 Å². The molecule has 7 nitrogen and oxygen atoms in total. The summed E-state index contributed by atoms with van der Waals surface area (Å²) in [5.41, 5.74) is 2.90. The summed E-state index contributed by atoms with van der Waals surface area (Å²) in [5, 5.41) is 11.6. The molecule has 1 atom stereocenters. The molecule has 0 bridgehead atoms. The second-order valence-corrected chi connectivity index (χ2v) is 5.60. The van der Waals surface area contributed by atoms with Crippen LogP contribution in [0.1, 0.15) is 41.5 Å². The van der Waals surface area contributed by atoms with Gasteiger partial charge in [-0.2, -0.15) is 10.2 Å². The normalized spacial score (nSPS) is 15.5. The number of aromatic nitrogens is 5. The Hall–Kier alpha value is -2.18. The maximum absolute atomic E-state index is 12.5. The van der Waals surface area contributed by atoms with Crippen molar-refractivity contribution in [3.63, 3.8) is 0 Å². The van der Waals surface area contributed by atoms with E-state index in [0.717, 1.165) is 36.9 Å². The molecule has 1 amide bonds. The molecule has 0 spiro atoms. The molecule has 0 saturated carbocycles. The Morgan fingerprint density at radius 3 is 3.00 bits per heavy atom. The SMILES string of the molecule is C[C@H](Cn1cncn1)NC(=O)c1c2c(nn1C)CCCC2. The molecular weight excluding hydrogens is 268 g/mol. The number of nitrogens with one attached hydrogen (secondary N) is 1. The summed E-state index contributed by atoms with van der Waals surface area (Å²) >= 11 is 0. The largest absolute Gasteiger partial charge is 0.346 e. The van der Waals surface area contributed by atoms with E-state index in [4.69, 9.17) is 0 Å². The molecule has 0 radical (unpaired) electrons. The van der Waals surface area contributed by atoms with Crippen LogP contribution in [0.25, 0.3) is 0 Å². The summed E-state index contributed by atoms with van der Waals surface area (Å²) in [6.45, 7) is 2.56.